The Kier molecular flexibility index (Phi) is 5.81. The van der Waals surface area contributed by atoms with Crippen LogP contribution in [0.5, 0.6) is 0 Å². The summed E-state index contributed by atoms with van der Waals surface area (Å²) in [4.78, 5) is 5.53. The van der Waals surface area contributed by atoms with Gasteiger partial charge in [-0.1, -0.05) is 71.0 Å². The molecule has 0 amide bonds. The van der Waals surface area contributed by atoms with Gasteiger partial charge in [0.1, 0.15) is 0 Å². The summed E-state index contributed by atoms with van der Waals surface area (Å²) >= 11 is 14.9. The highest BCUT2D eigenvalue weighted by molar-refractivity contribution is 8.39. The second-order valence-corrected chi connectivity index (χ2v) is 6.68. The molecular weight excluding hydrogens is 331 g/mol. The molecule has 0 aliphatic rings. The van der Waals surface area contributed by atoms with Gasteiger partial charge in [0.15, 0.2) is 4.38 Å². The van der Waals surface area contributed by atoms with Crippen molar-refractivity contribution in [3.05, 3.63) is 58.6 Å². The second kappa shape index (κ2) is 7.61. The van der Waals surface area contributed by atoms with E-state index in [1.54, 1.807) is 12.1 Å². The minimum Gasteiger partial charge on any atom is -0.170 e. The molecule has 6 heteroatoms. The molecule has 100 valence electrons. The number of rotatable bonds is 2. The van der Waals surface area contributed by atoms with E-state index in [1.807, 2.05) is 42.6 Å². The molecule has 0 saturated heterocycles. The molecule has 0 N–H and O–H groups in total. The van der Waals surface area contributed by atoms with Crippen molar-refractivity contribution >= 4 is 51.1 Å². The first-order chi connectivity index (χ1) is 9.70. The van der Waals surface area contributed by atoms with Crippen molar-refractivity contribution < 1.29 is 0 Å². The molecule has 0 aromatic heterocycles. The minimum absolute atomic E-state index is 0.578. The smallest absolute Gasteiger partial charge is 0.170 e. The van der Waals surface area contributed by atoms with Gasteiger partial charge in [-0.2, -0.15) is 10.3 Å². The Morgan fingerprint density at radius 3 is 1.75 bits per heavy atom. The molecule has 0 bridgehead atoms. The molecule has 0 unspecified atom stereocenters. The largest absolute Gasteiger partial charge is 0.207 e. The van der Waals surface area contributed by atoms with Crippen LogP contribution in [-0.4, -0.2) is 4.38 Å². The molecule has 0 aliphatic carbocycles. The first-order valence-electron chi connectivity index (χ1n) is 5.52. The van der Waals surface area contributed by atoms with Crippen molar-refractivity contribution in [2.45, 2.75) is 9.79 Å². The molecule has 2 aromatic carbocycles. The highest BCUT2D eigenvalue weighted by Gasteiger charge is 2.10. The number of nitriles is 1. The average molecular weight is 339 g/mol. The molecule has 0 spiro atoms. The normalized spacial score (nSPS) is 9.85. The number of benzene rings is 2. The number of hydrogen-bond acceptors (Lipinski definition) is 4. The van der Waals surface area contributed by atoms with E-state index >= 15 is 0 Å². The van der Waals surface area contributed by atoms with Crippen molar-refractivity contribution in [1.82, 2.24) is 0 Å². The molecule has 2 nitrogen and oxygen atoms in total. The van der Waals surface area contributed by atoms with Crippen LogP contribution < -0.4 is 0 Å². The topological polar surface area (TPSA) is 36.1 Å². The zero-order valence-electron chi connectivity index (χ0n) is 10.1. The fourth-order valence-electron chi connectivity index (χ4n) is 1.35. The average Bonchev–Trinajstić information content (AvgIpc) is 2.44. The predicted molar refractivity (Wildman–Crippen MR) is 87.7 cm³/mol. The van der Waals surface area contributed by atoms with Crippen LogP contribution in [0.2, 0.25) is 10.0 Å². The van der Waals surface area contributed by atoms with Crippen molar-refractivity contribution in [3.8, 4) is 6.19 Å². The van der Waals surface area contributed by atoms with Crippen LogP contribution in [0.1, 0.15) is 0 Å². The number of halogens is 2. The van der Waals surface area contributed by atoms with Crippen LogP contribution in [0, 0.1) is 11.5 Å². The van der Waals surface area contributed by atoms with Gasteiger partial charge in [0.2, 0.25) is 6.19 Å². The van der Waals surface area contributed by atoms with Crippen LogP contribution in [0.15, 0.2) is 63.3 Å². The van der Waals surface area contributed by atoms with E-state index in [2.05, 4.69) is 4.99 Å². The van der Waals surface area contributed by atoms with Gasteiger partial charge in [0, 0.05) is 9.79 Å². The van der Waals surface area contributed by atoms with E-state index in [-0.39, 0.29) is 0 Å². The lowest BCUT2D eigenvalue weighted by Crippen LogP contribution is -1.87. The maximum Gasteiger partial charge on any atom is 0.207 e. The summed E-state index contributed by atoms with van der Waals surface area (Å²) in [6.07, 6.45) is 1.81. The molecule has 2 rings (SSSR count). The summed E-state index contributed by atoms with van der Waals surface area (Å²) < 4.78 is 0.578. The Balaban J connectivity index is 2.22. The van der Waals surface area contributed by atoms with Gasteiger partial charge in [-0.3, -0.25) is 0 Å². The van der Waals surface area contributed by atoms with Crippen molar-refractivity contribution in [3.63, 3.8) is 0 Å². The third kappa shape index (κ3) is 4.19. The fraction of sp³-hybridized carbons (Fsp3) is 0. The molecular formula is C14H8Cl2N2S2. The van der Waals surface area contributed by atoms with E-state index in [1.165, 1.54) is 23.5 Å². The Morgan fingerprint density at radius 1 is 0.900 bits per heavy atom. The molecule has 0 fully saturated rings. The SMILES string of the molecule is N#CN=C(Sc1ccccc1Cl)Sc1ccccc1Cl. The summed E-state index contributed by atoms with van der Waals surface area (Å²) in [7, 11) is 0. The Bertz CT molecular complexity index is 631. The first kappa shape index (κ1) is 15.3. The lowest BCUT2D eigenvalue weighted by Gasteiger charge is -2.06. The van der Waals surface area contributed by atoms with E-state index in [4.69, 9.17) is 28.5 Å². The molecule has 0 atom stereocenters. The second-order valence-electron chi connectivity index (χ2n) is 3.54. The van der Waals surface area contributed by atoms with E-state index in [9.17, 15) is 0 Å². The lowest BCUT2D eigenvalue weighted by atomic mass is 10.4. The van der Waals surface area contributed by atoms with Gasteiger partial charge in [-0.15, -0.1) is 0 Å². The Morgan fingerprint density at radius 2 is 1.35 bits per heavy atom. The summed E-state index contributed by atoms with van der Waals surface area (Å²) in [5, 5.41) is 10.1. The van der Waals surface area contributed by atoms with Crippen LogP contribution in [0.3, 0.4) is 0 Å². The van der Waals surface area contributed by atoms with Gasteiger partial charge in [0.05, 0.1) is 10.0 Å². The van der Waals surface area contributed by atoms with Crippen LogP contribution in [0.4, 0.5) is 0 Å². The monoisotopic (exact) mass is 338 g/mol. The molecule has 2 aromatic rings. The van der Waals surface area contributed by atoms with Gasteiger partial charge in [-0.25, -0.2) is 0 Å². The summed E-state index contributed by atoms with van der Waals surface area (Å²) in [6, 6.07) is 14.8. The lowest BCUT2D eigenvalue weighted by molar-refractivity contribution is 1.44. The highest BCUT2D eigenvalue weighted by atomic mass is 35.5. The van der Waals surface area contributed by atoms with Gasteiger partial charge >= 0.3 is 0 Å². The number of hydrogen-bond donors (Lipinski definition) is 0. The van der Waals surface area contributed by atoms with Crippen LogP contribution >= 0.6 is 46.7 Å². The van der Waals surface area contributed by atoms with E-state index in [0.29, 0.717) is 14.4 Å². The maximum atomic E-state index is 8.80. The number of aliphatic imine (C=N–C) groups is 1. The number of nitrogens with zero attached hydrogens (tertiary/aromatic N) is 2. The summed E-state index contributed by atoms with van der Waals surface area (Å²) in [5.41, 5.74) is 0. The summed E-state index contributed by atoms with van der Waals surface area (Å²) in [6.45, 7) is 0. The third-order valence-corrected chi connectivity index (χ3v) is 5.28. The molecule has 0 radical (unpaired) electrons. The van der Waals surface area contributed by atoms with Gasteiger partial charge in [0.25, 0.3) is 0 Å². The molecule has 0 saturated carbocycles. The summed E-state index contributed by atoms with van der Waals surface area (Å²) in [5.74, 6) is 0. The minimum atomic E-state index is 0.578. The Labute approximate surface area is 135 Å². The highest BCUT2D eigenvalue weighted by Crippen LogP contribution is 2.36. The van der Waals surface area contributed by atoms with E-state index < -0.39 is 0 Å². The quantitative estimate of drug-likeness (QED) is 0.304. The van der Waals surface area contributed by atoms with Gasteiger partial charge in [-0.05, 0) is 24.3 Å². The van der Waals surface area contributed by atoms with Crippen molar-refractivity contribution in [1.29, 1.82) is 5.26 Å². The van der Waals surface area contributed by atoms with Crippen LogP contribution in [0.25, 0.3) is 0 Å². The first-order valence-corrected chi connectivity index (χ1v) is 7.91. The zero-order chi connectivity index (χ0) is 14.4. The Hall–Kier alpha value is -1.12. The van der Waals surface area contributed by atoms with Crippen molar-refractivity contribution in [2.24, 2.45) is 4.99 Å². The molecule has 0 heterocycles. The van der Waals surface area contributed by atoms with Crippen LogP contribution in [-0.2, 0) is 0 Å². The predicted octanol–water partition coefficient (Wildman–Crippen LogP) is 5.71. The zero-order valence-corrected chi connectivity index (χ0v) is 13.2. The standard InChI is InChI=1S/C14H8Cl2N2S2/c15-10-5-1-3-7-12(10)19-14(18-9-17)20-13-8-4-2-6-11(13)16/h1-8H. The van der Waals surface area contributed by atoms with Gasteiger partial charge < -0.3 is 0 Å². The molecule has 20 heavy (non-hydrogen) atoms. The third-order valence-electron chi connectivity index (χ3n) is 2.21. The number of thioether (sulfide) groups is 2. The van der Waals surface area contributed by atoms with Crippen molar-refractivity contribution in [2.75, 3.05) is 0 Å². The van der Waals surface area contributed by atoms with E-state index in [0.717, 1.165) is 9.79 Å². The maximum absolute atomic E-state index is 8.80. The molecule has 0 aliphatic heterocycles. The fourth-order valence-corrected chi connectivity index (χ4v) is 3.73.